The molecule has 0 atom stereocenters. The van der Waals surface area contributed by atoms with E-state index < -0.39 is 10.0 Å². The van der Waals surface area contributed by atoms with Crippen molar-refractivity contribution in [2.75, 3.05) is 13.1 Å². The van der Waals surface area contributed by atoms with Crippen molar-refractivity contribution < 1.29 is 17.9 Å². The molecule has 0 saturated heterocycles. The molecule has 0 aliphatic rings. The average molecular weight is 391 g/mol. The first-order chi connectivity index (χ1) is 12.9. The first kappa shape index (κ1) is 20.9. The van der Waals surface area contributed by atoms with Gasteiger partial charge in [0, 0.05) is 19.5 Å². The van der Waals surface area contributed by atoms with E-state index in [0.29, 0.717) is 13.0 Å². The van der Waals surface area contributed by atoms with Gasteiger partial charge in [0.15, 0.2) is 0 Å². The van der Waals surface area contributed by atoms with Crippen LogP contribution in [0.5, 0.6) is 5.75 Å². The highest BCUT2D eigenvalue weighted by Gasteiger charge is 2.13. The topological polar surface area (TPSA) is 84.5 Å². The van der Waals surface area contributed by atoms with Crippen molar-refractivity contribution >= 4 is 15.9 Å². The van der Waals surface area contributed by atoms with E-state index in [9.17, 15) is 13.2 Å². The summed E-state index contributed by atoms with van der Waals surface area (Å²) in [6.07, 6.45) is 0.922. The Labute approximate surface area is 161 Å². The van der Waals surface area contributed by atoms with Crippen LogP contribution in [0.1, 0.15) is 25.8 Å². The molecule has 0 saturated carbocycles. The summed E-state index contributed by atoms with van der Waals surface area (Å²) < 4.78 is 32.1. The lowest BCUT2D eigenvalue weighted by Crippen LogP contribution is -2.31. The number of ether oxygens (including phenoxy) is 1. The fourth-order valence-corrected chi connectivity index (χ4v) is 3.48. The Kier molecular flexibility index (Phi) is 7.82. The summed E-state index contributed by atoms with van der Waals surface area (Å²) in [5.41, 5.74) is 1.09. The van der Waals surface area contributed by atoms with E-state index in [4.69, 9.17) is 4.74 Å². The largest absolute Gasteiger partial charge is 0.491 e. The summed E-state index contributed by atoms with van der Waals surface area (Å²) in [5, 5.41) is 2.80. The van der Waals surface area contributed by atoms with Crippen molar-refractivity contribution in [3.05, 3.63) is 60.2 Å². The second-order valence-corrected chi connectivity index (χ2v) is 8.14. The van der Waals surface area contributed by atoms with Crippen LogP contribution in [0.2, 0.25) is 0 Å². The Morgan fingerprint density at radius 1 is 1.00 bits per heavy atom. The van der Waals surface area contributed by atoms with Gasteiger partial charge in [-0.25, -0.2) is 13.1 Å². The quantitative estimate of drug-likeness (QED) is 0.653. The summed E-state index contributed by atoms with van der Waals surface area (Å²) in [4.78, 5) is 12.1. The molecule has 146 valence electrons. The third-order valence-corrected chi connectivity index (χ3v) is 5.21. The van der Waals surface area contributed by atoms with Gasteiger partial charge in [0.25, 0.3) is 0 Å². The van der Waals surface area contributed by atoms with E-state index in [0.717, 1.165) is 11.3 Å². The number of rotatable bonds is 10. The minimum atomic E-state index is -3.57. The predicted molar refractivity (Wildman–Crippen MR) is 105 cm³/mol. The van der Waals surface area contributed by atoms with E-state index in [-0.39, 0.29) is 29.9 Å². The number of hydrogen-bond donors (Lipinski definition) is 2. The molecule has 0 aromatic heterocycles. The molecule has 2 N–H and O–H groups in total. The molecule has 0 bridgehead atoms. The van der Waals surface area contributed by atoms with Crippen LogP contribution >= 0.6 is 0 Å². The van der Waals surface area contributed by atoms with Gasteiger partial charge < -0.3 is 10.1 Å². The van der Waals surface area contributed by atoms with Crippen molar-refractivity contribution in [2.45, 2.75) is 37.7 Å². The van der Waals surface area contributed by atoms with Crippen LogP contribution in [0.15, 0.2) is 59.5 Å². The van der Waals surface area contributed by atoms with Crippen LogP contribution in [0.25, 0.3) is 0 Å². The molecule has 7 heteroatoms. The Hall–Kier alpha value is -2.38. The van der Waals surface area contributed by atoms with Crippen molar-refractivity contribution in [3.8, 4) is 5.75 Å². The highest BCUT2D eigenvalue weighted by Crippen LogP contribution is 2.14. The molecule has 1 amide bonds. The molecule has 2 rings (SSSR count). The molecular weight excluding hydrogens is 364 g/mol. The Morgan fingerprint density at radius 2 is 1.67 bits per heavy atom. The highest BCUT2D eigenvalue weighted by molar-refractivity contribution is 7.89. The molecule has 0 spiro atoms. The van der Waals surface area contributed by atoms with Gasteiger partial charge in [-0.15, -0.1) is 0 Å². The molecule has 27 heavy (non-hydrogen) atoms. The van der Waals surface area contributed by atoms with E-state index in [1.165, 1.54) is 12.1 Å². The number of carbonyl (C=O) groups excluding carboxylic acids is 1. The van der Waals surface area contributed by atoms with Crippen LogP contribution in [0.3, 0.4) is 0 Å². The molecule has 6 nitrogen and oxygen atoms in total. The number of amides is 1. The second-order valence-electron chi connectivity index (χ2n) is 6.37. The first-order valence-corrected chi connectivity index (χ1v) is 10.4. The fraction of sp³-hybridized carbons (Fsp3) is 0.350. The van der Waals surface area contributed by atoms with Crippen molar-refractivity contribution in [1.82, 2.24) is 10.0 Å². The fourth-order valence-electron chi connectivity index (χ4n) is 2.42. The molecule has 0 aliphatic heterocycles. The molecule has 0 aliphatic carbocycles. The first-order valence-electron chi connectivity index (χ1n) is 8.94. The summed E-state index contributed by atoms with van der Waals surface area (Å²) in [6, 6.07) is 15.9. The normalized spacial score (nSPS) is 11.4. The van der Waals surface area contributed by atoms with Gasteiger partial charge in [0.05, 0.1) is 11.0 Å². The smallest absolute Gasteiger partial charge is 0.240 e. The third kappa shape index (κ3) is 7.40. The van der Waals surface area contributed by atoms with Gasteiger partial charge in [-0.1, -0.05) is 30.3 Å². The van der Waals surface area contributed by atoms with E-state index in [1.807, 2.05) is 38.1 Å². The molecular formula is C20H26N2O4S. The lowest BCUT2D eigenvalue weighted by Gasteiger charge is -2.10. The Morgan fingerprint density at radius 3 is 2.30 bits per heavy atom. The number of hydrogen-bond acceptors (Lipinski definition) is 4. The van der Waals surface area contributed by atoms with Gasteiger partial charge in [0.1, 0.15) is 5.75 Å². The molecule has 0 radical (unpaired) electrons. The Bertz CT molecular complexity index is 819. The minimum Gasteiger partial charge on any atom is -0.491 e. The summed E-state index contributed by atoms with van der Waals surface area (Å²) >= 11 is 0. The molecule has 0 heterocycles. The minimum absolute atomic E-state index is 0.0598. The molecule has 2 aromatic rings. The van der Waals surface area contributed by atoms with Crippen LogP contribution < -0.4 is 14.8 Å². The van der Waals surface area contributed by atoms with Gasteiger partial charge in [-0.05, 0) is 50.1 Å². The zero-order valence-corrected chi connectivity index (χ0v) is 16.5. The third-order valence-electron chi connectivity index (χ3n) is 3.73. The summed E-state index contributed by atoms with van der Waals surface area (Å²) in [7, 11) is -3.57. The van der Waals surface area contributed by atoms with Crippen LogP contribution in [-0.2, 0) is 21.2 Å². The van der Waals surface area contributed by atoms with Crippen LogP contribution in [0, 0.1) is 0 Å². The van der Waals surface area contributed by atoms with Crippen LogP contribution in [0.4, 0.5) is 0 Å². The zero-order chi connectivity index (χ0) is 19.7. The lowest BCUT2D eigenvalue weighted by atomic mass is 10.1. The molecule has 0 unspecified atom stereocenters. The van der Waals surface area contributed by atoms with Crippen molar-refractivity contribution in [3.63, 3.8) is 0 Å². The Balaban J connectivity index is 1.68. The molecule has 2 aromatic carbocycles. The van der Waals surface area contributed by atoms with E-state index in [2.05, 4.69) is 10.0 Å². The second kappa shape index (κ2) is 10.1. The standard InChI is InChI=1S/C20H26N2O4S/c1-16(2)26-18-10-8-17(9-11-18)12-14-21-20(23)13-15-22-27(24,25)19-6-4-3-5-7-19/h3-11,16,22H,12-15H2,1-2H3,(H,21,23). The predicted octanol–water partition coefficient (Wildman–Crippen LogP) is 2.50. The maximum Gasteiger partial charge on any atom is 0.240 e. The maximum absolute atomic E-state index is 12.1. The number of carbonyl (C=O) groups is 1. The van der Waals surface area contributed by atoms with Crippen LogP contribution in [-0.4, -0.2) is 33.5 Å². The van der Waals surface area contributed by atoms with E-state index in [1.54, 1.807) is 18.2 Å². The summed E-state index contributed by atoms with van der Waals surface area (Å²) in [5.74, 6) is 0.633. The van der Waals surface area contributed by atoms with Gasteiger partial charge in [0.2, 0.25) is 15.9 Å². The number of sulfonamides is 1. The average Bonchev–Trinajstić information content (AvgIpc) is 2.63. The summed E-state index contributed by atoms with van der Waals surface area (Å²) in [6.45, 7) is 4.51. The number of nitrogens with one attached hydrogen (secondary N) is 2. The zero-order valence-electron chi connectivity index (χ0n) is 15.6. The highest BCUT2D eigenvalue weighted by atomic mass is 32.2. The lowest BCUT2D eigenvalue weighted by molar-refractivity contribution is -0.120. The number of benzene rings is 2. The maximum atomic E-state index is 12.1. The molecule has 0 fully saturated rings. The van der Waals surface area contributed by atoms with Gasteiger partial charge in [-0.2, -0.15) is 0 Å². The monoisotopic (exact) mass is 390 g/mol. The SMILES string of the molecule is CC(C)Oc1ccc(CCNC(=O)CCNS(=O)(=O)c2ccccc2)cc1. The van der Waals surface area contributed by atoms with E-state index >= 15 is 0 Å². The van der Waals surface area contributed by atoms with Gasteiger partial charge >= 0.3 is 0 Å². The van der Waals surface area contributed by atoms with Crippen molar-refractivity contribution in [2.24, 2.45) is 0 Å². The van der Waals surface area contributed by atoms with Crippen molar-refractivity contribution in [1.29, 1.82) is 0 Å². The van der Waals surface area contributed by atoms with Gasteiger partial charge in [-0.3, -0.25) is 4.79 Å².